The van der Waals surface area contributed by atoms with Gasteiger partial charge in [-0.25, -0.2) is 4.98 Å². The van der Waals surface area contributed by atoms with Gasteiger partial charge in [0.2, 0.25) is 5.91 Å². The third kappa shape index (κ3) is 5.11. The number of anilines is 1. The fraction of sp³-hybridized carbons (Fsp3) is 0.417. The van der Waals surface area contributed by atoms with Gasteiger partial charge in [-0.2, -0.15) is 13.2 Å². The highest BCUT2D eigenvalue weighted by molar-refractivity contribution is 7.99. The molecule has 34 heavy (non-hydrogen) atoms. The number of para-hydroxylation sites is 2. The molecule has 1 aliphatic heterocycles. The van der Waals surface area contributed by atoms with Crippen LogP contribution in [0.3, 0.4) is 0 Å². The van der Waals surface area contributed by atoms with Gasteiger partial charge in [-0.3, -0.25) is 4.79 Å². The fourth-order valence-corrected chi connectivity index (χ4v) is 5.08. The molecule has 0 unspecified atom stereocenters. The van der Waals surface area contributed by atoms with Gasteiger partial charge in [0.05, 0.1) is 35.1 Å². The number of amides is 1. The van der Waals surface area contributed by atoms with Crippen molar-refractivity contribution in [1.29, 1.82) is 0 Å². The molecule has 0 saturated carbocycles. The molecule has 2 aromatic carbocycles. The third-order valence-electron chi connectivity index (χ3n) is 5.87. The average molecular weight is 493 g/mol. The number of thioether (sulfide) groups is 1. The van der Waals surface area contributed by atoms with Crippen molar-refractivity contribution in [3.05, 3.63) is 48.0 Å². The number of fused-ring (bicyclic) bond motifs is 1. The molecule has 1 saturated heterocycles. The second-order valence-electron chi connectivity index (χ2n) is 8.08. The average Bonchev–Trinajstić information content (AvgIpc) is 3.19. The Morgan fingerprint density at radius 3 is 2.53 bits per heavy atom. The number of hydrogen-bond acceptors (Lipinski definition) is 5. The van der Waals surface area contributed by atoms with Crippen molar-refractivity contribution >= 4 is 34.4 Å². The maximum absolute atomic E-state index is 13.2. The Kier molecular flexibility index (Phi) is 7.25. The summed E-state index contributed by atoms with van der Waals surface area (Å²) in [6.07, 6.45) is -3.67. The van der Waals surface area contributed by atoms with Crippen molar-refractivity contribution in [3.63, 3.8) is 0 Å². The molecule has 6 nitrogen and oxygen atoms in total. The first-order chi connectivity index (χ1) is 16.3. The first-order valence-corrected chi connectivity index (χ1v) is 12.2. The smallest absolute Gasteiger partial charge is 0.416 e. The van der Waals surface area contributed by atoms with E-state index in [1.165, 1.54) is 17.8 Å². The summed E-state index contributed by atoms with van der Waals surface area (Å²) in [4.78, 5) is 21.4. The van der Waals surface area contributed by atoms with Crippen LogP contribution in [0.15, 0.2) is 47.6 Å². The highest BCUT2D eigenvalue weighted by atomic mass is 32.2. The van der Waals surface area contributed by atoms with E-state index >= 15 is 0 Å². The molecule has 0 bridgehead atoms. The number of benzene rings is 2. The van der Waals surface area contributed by atoms with E-state index in [4.69, 9.17) is 4.74 Å². The zero-order valence-electron chi connectivity index (χ0n) is 19.1. The van der Waals surface area contributed by atoms with Crippen LogP contribution in [-0.4, -0.2) is 59.4 Å². The van der Waals surface area contributed by atoms with Crippen LogP contribution in [0.4, 0.5) is 18.9 Å². The number of methoxy groups -OCH3 is 1. The topological polar surface area (TPSA) is 50.6 Å². The fourth-order valence-electron chi connectivity index (χ4n) is 4.13. The lowest BCUT2D eigenvalue weighted by molar-refractivity contribution is -0.137. The first kappa shape index (κ1) is 24.3. The van der Waals surface area contributed by atoms with Crippen LogP contribution >= 0.6 is 11.8 Å². The summed E-state index contributed by atoms with van der Waals surface area (Å²) in [5, 5.41) is 0.567. The summed E-state index contributed by atoms with van der Waals surface area (Å²) in [5.41, 5.74) is 1.26. The minimum absolute atomic E-state index is 0.00392. The van der Waals surface area contributed by atoms with E-state index in [0.29, 0.717) is 48.9 Å². The predicted molar refractivity (Wildman–Crippen MR) is 128 cm³/mol. The molecule has 4 rings (SSSR count). The summed E-state index contributed by atoms with van der Waals surface area (Å²) in [5.74, 6) is 0.991. The van der Waals surface area contributed by atoms with Crippen LogP contribution in [-0.2, 0) is 17.5 Å². The zero-order valence-corrected chi connectivity index (χ0v) is 20.0. The Labute approximate surface area is 200 Å². The summed E-state index contributed by atoms with van der Waals surface area (Å²) in [6.45, 7) is 5.08. The van der Waals surface area contributed by atoms with E-state index in [1.807, 2.05) is 36.1 Å². The monoisotopic (exact) mass is 492 g/mol. The molecule has 1 aromatic heterocycles. The van der Waals surface area contributed by atoms with Gasteiger partial charge in [0.1, 0.15) is 5.75 Å². The Hall–Kier alpha value is -2.88. The second-order valence-corrected chi connectivity index (χ2v) is 9.02. The summed E-state index contributed by atoms with van der Waals surface area (Å²) in [6, 6.07) is 11.4. The van der Waals surface area contributed by atoms with E-state index in [9.17, 15) is 18.0 Å². The maximum Gasteiger partial charge on any atom is 0.416 e. The molecule has 182 valence electrons. The number of aromatic nitrogens is 2. The third-order valence-corrected chi connectivity index (χ3v) is 6.83. The van der Waals surface area contributed by atoms with E-state index in [2.05, 4.69) is 9.88 Å². The molecule has 1 fully saturated rings. The highest BCUT2D eigenvalue weighted by Gasteiger charge is 2.31. The van der Waals surface area contributed by atoms with E-state index in [-0.39, 0.29) is 11.7 Å². The Bertz CT molecular complexity index is 1160. The Balaban J connectivity index is 1.42. The summed E-state index contributed by atoms with van der Waals surface area (Å²) in [7, 11) is 1.64. The quantitative estimate of drug-likeness (QED) is 0.439. The number of piperazine rings is 1. The van der Waals surface area contributed by atoms with Gasteiger partial charge in [-0.1, -0.05) is 30.8 Å². The molecule has 2 heterocycles. The standard InChI is InChI=1S/C24H27F3N4O2S/c1-3-10-31-20-15-17(24(25,26)27)8-9-18(20)28-23(31)34-16-22(32)30-13-11-29(12-14-30)19-6-4-5-7-21(19)33-2/h4-9,15H,3,10-14,16H2,1-2H3. The van der Waals surface area contributed by atoms with Crippen LogP contribution < -0.4 is 9.64 Å². The van der Waals surface area contributed by atoms with Crippen LogP contribution in [0.5, 0.6) is 5.75 Å². The molecular weight excluding hydrogens is 465 g/mol. The minimum atomic E-state index is -4.41. The van der Waals surface area contributed by atoms with Gasteiger partial charge in [-0.05, 0) is 36.8 Å². The van der Waals surface area contributed by atoms with Crippen molar-refractivity contribution < 1.29 is 22.7 Å². The van der Waals surface area contributed by atoms with Gasteiger partial charge >= 0.3 is 6.18 Å². The van der Waals surface area contributed by atoms with Gasteiger partial charge < -0.3 is 19.1 Å². The number of ether oxygens (including phenoxy) is 1. The van der Waals surface area contributed by atoms with Crippen molar-refractivity contribution in [2.75, 3.05) is 43.9 Å². The predicted octanol–water partition coefficient (Wildman–Crippen LogP) is 4.91. The lowest BCUT2D eigenvalue weighted by atomic mass is 10.2. The van der Waals surface area contributed by atoms with Crippen molar-refractivity contribution in [3.8, 4) is 5.75 Å². The number of carbonyl (C=O) groups is 1. The molecule has 0 N–H and O–H groups in total. The van der Waals surface area contributed by atoms with Crippen LogP contribution in [0, 0.1) is 0 Å². The molecule has 1 aliphatic rings. The van der Waals surface area contributed by atoms with E-state index < -0.39 is 11.7 Å². The maximum atomic E-state index is 13.2. The normalized spacial score (nSPS) is 14.6. The molecule has 3 aromatic rings. The van der Waals surface area contributed by atoms with E-state index in [1.54, 1.807) is 11.7 Å². The Morgan fingerprint density at radius 2 is 1.85 bits per heavy atom. The zero-order chi connectivity index (χ0) is 24.3. The summed E-state index contributed by atoms with van der Waals surface area (Å²) >= 11 is 1.28. The number of alkyl halides is 3. The molecule has 0 atom stereocenters. The number of nitrogens with zero attached hydrogens (tertiary/aromatic N) is 4. The first-order valence-electron chi connectivity index (χ1n) is 11.2. The largest absolute Gasteiger partial charge is 0.495 e. The summed E-state index contributed by atoms with van der Waals surface area (Å²) < 4.78 is 46.8. The number of imidazole rings is 1. The van der Waals surface area contributed by atoms with Crippen LogP contribution in [0.2, 0.25) is 0 Å². The highest BCUT2D eigenvalue weighted by Crippen LogP contribution is 2.33. The van der Waals surface area contributed by atoms with Gasteiger partial charge in [0.25, 0.3) is 0 Å². The van der Waals surface area contributed by atoms with Gasteiger partial charge in [-0.15, -0.1) is 0 Å². The second kappa shape index (κ2) is 10.2. The van der Waals surface area contributed by atoms with Gasteiger partial charge in [0, 0.05) is 32.7 Å². The number of carbonyl (C=O) groups excluding carboxylic acids is 1. The minimum Gasteiger partial charge on any atom is -0.495 e. The molecule has 10 heteroatoms. The SMILES string of the molecule is CCCn1c(SCC(=O)N2CCN(c3ccccc3OC)CC2)nc2ccc(C(F)(F)F)cc21. The number of hydrogen-bond donors (Lipinski definition) is 0. The van der Waals surface area contributed by atoms with Crippen molar-refractivity contribution in [1.82, 2.24) is 14.5 Å². The van der Waals surface area contributed by atoms with Crippen LogP contribution in [0.25, 0.3) is 11.0 Å². The number of aryl methyl sites for hydroxylation is 1. The van der Waals surface area contributed by atoms with E-state index in [0.717, 1.165) is 30.0 Å². The number of halogens is 3. The Morgan fingerprint density at radius 1 is 1.12 bits per heavy atom. The molecule has 0 aliphatic carbocycles. The number of rotatable bonds is 7. The molecule has 0 radical (unpaired) electrons. The molecule has 1 amide bonds. The van der Waals surface area contributed by atoms with Crippen molar-refractivity contribution in [2.24, 2.45) is 0 Å². The van der Waals surface area contributed by atoms with Crippen molar-refractivity contribution in [2.45, 2.75) is 31.2 Å². The van der Waals surface area contributed by atoms with Gasteiger partial charge in [0.15, 0.2) is 5.16 Å². The molecular formula is C24H27F3N4O2S. The van der Waals surface area contributed by atoms with Crippen LogP contribution in [0.1, 0.15) is 18.9 Å². The lowest BCUT2D eigenvalue weighted by Gasteiger charge is -2.36. The molecule has 0 spiro atoms. The lowest BCUT2D eigenvalue weighted by Crippen LogP contribution is -2.49.